The Hall–Kier alpha value is -2.33. The number of ketones is 1. The highest BCUT2D eigenvalue weighted by Crippen LogP contribution is 2.38. The van der Waals surface area contributed by atoms with Crippen molar-refractivity contribution in [3.63, 3.8) is 0 Å². The highest BCUT2D eigenvalue weighted by atomic mass is 35.5. The molecule has 1 aromatic carbocycles. The summed E-state index contributed by atoms with van der Waals surface area (Å²) < 4.78 is 1.54. The van der Waals surface area contributed by atoms with E-state index < -0.39 is 6.10 Å². The molecular weight excluding hydrogens is 607 g/mol. The quantitative estimate of drug-likeness (QED) is 0.208. The Balaban J connectivity index is 0.000000236. The number of allylic oxidation sites excluding steroid dienone is 2. The van der Waals surface area contributed by atoms with Gasteiger partial charge >= 0.3 is 0 Å². The van der Waals surface area contributed by atoms with E-state index in [0.29, 0.717) is 64.7 Å². The molecule has 1 fully saturated rings. The summed E-state index contributed by atoms with van der Waals surface area (Å²) in [6, 6.07) is 5.22. The first-order valence-corrected chi connectivity index (χ1v) is 16.8. The first kappa shape index (κ1) is 35.2. The van der Waals surface area contributed by atoms with Gasteiger partial charge in [0.1, 0.15) is 31.1 Å². The maximum Gasteiger partial charge on any atom is 0.168 e. The van der Waals surface area contributed by atoms with Crippen molar-refractivity contribution in [2.24, 2.45) is 22.4 Å². The number of aliphatic hydroxyl groups excluding tert-OH is 2. The topological polar surface area (TPSA) is 110 Å². The van der Waals surface area contributed by atoms with E-state index in [1.165, 1.54) is 24.9 Å². The van der Waals surface area contributed by atoms with Gasteiger partial charge in [-0.25, -0.2) is 9.67 Å². The zero-order valence-electron chi connectivity index (χ0n) is 25.7. The number of nitrogens with zero attached hydrogens (tertiary/aromatic N) is 4. The zero-order chi connectivity index (χ0) is 31.6. The van der Waals surface area contributed by atoms with Crippen molar-refractivity contribution in [1.29, 1.82) is 0 Å². The van der Waals surface area contributed by atoms with Gasteiger partial charge in [-0.1, -0.05) is 68.5 Å². The summed E-state index contributed by atoms with van der Waals surface area (Å²) in [5.41, 5.74) is 2.05. The smallest absolute Gasteiger partial charge is 0.168 e. The van der Waals surface area contributed by atoms with Crippen molar-refractivity contribution in [1.82, 2.24) is 14.8 Å². The molecule has 4 rings (SSSR count). The van der Waals surface area contributed by atoms with Gasteiger partial charge in [0.25, 0.3) is 0 Å². The van der Waals surface area contributed by atoms with Crippen LogP contribution in [0, 0.1) is 17.3 Å². The van der Waals surface area contributed by atoms with Crippen LogP contribution in [0.15, 0.2) is 47.3 Å². The Bertz CT molecular complexity index is 1300. The monoisotopic (exact) mass is 650 g/mol. The molecule has 0 saturated carbocycles. The Morgan fingerprint density at radius 1 is 1.26 bits per heavy atom. The average molecular weight is 652 g/mol. The van der Waals surface area contributed by atoms with Crippen molar-refractivity contribution in [3.8, 4) is 0 Å². The third kappa shape index (κ3) is 10.1. The van der Waals surface area contributed by atoms with Crippen LogP contribution in [0.5, 0.6) is 0 Å². The van der Waals surface area contributed by atoms with Gasteiger partial charge in [-0.2, -0.15) is 16.9 Å². The number of Topliss-reactive ketones (excluding diaryl/α,β-unsaturated/α-hetero) is 1. The molecule has 2 aliphatic rings. The Kier molecular flexibility index (Phi) is 13.6. The lowest BCUT2D eigenvalue weighted by atomic mass is 9.76. The summed E-state index contributed by atoms with van der Waals surface area (Å²) in [5, 5.41) is 30.3. The number of rotatable bonds is 9. The third-order valence-electron chi connectivity index (χ3n) is 7.46. The molecule has 0 bridgehead atoms. The van der Waals surface area contributed by atoms with Crippen molar-refractivity contribution in [2.75, 3.05) is 18.1 Å². The molecule has 1 aliphatic heterocycles. The lowest BCUT2D eigenvalue weighted by Gasteiger charge is -2.32. The lowest BCUT2D eigenvalue weighted by Crippen LogP contribution is -2.30. The number of halogens is 2. The van der Waals surface area contributed by atoms with Crippen LogP contribution in [0.4, 0.5) is 0 Å². The zero-order valence-corrected chi connectivity index (χ0v) is 28.1. The molecule has 1 saturated heterocycles. The maximum atomic E-state index is 12.6. The van der Waals surface area contributed by atoms with E-state index in [1.807, 2.05) is 46.4 Å². The summed E-state index contributed by atoms with van der Waals surface area (Å²) >= 11 is 14.1. The molecule has 2 aromatic rings. The minimum atomic E-state index is -0.731. The second kappa shape index (κ2) is 16.7. The van der Waals surface area contributed by atoms with Crippen LogP contribution < -0.4 is 0 Å². The molecule has 236 valence electrons. The van der Waals surface area contributed by atoms with Gasteiger partial charge in [-0.15, -0.1) is 0 Å². The van der Waals surface area contributed by atoms with Crippen molar-refractivity contribution >= 4 is 58.2 Å². The molecule has 3 unspecified atom stereocenters. The van der Waals surface area contributed by atoms with Gasteiger partial charge in [-0.05, 0) is 78.7 Å². The fraction of sp³-hybridized carbons (Fsp3) is 0.562. The Labute approximate surface area is 269 Å². The summed E-state index contributed by atoms with van der Waals surface area (Å²) in [5.74, 6) is 3.46. The molecule has 0 amide bonds. The van der Waals surface area contributed by atoms with Gasteiger partial charge in [-0.3, -0.25) is 4.79 Å². The Morgan fingerprint density at radius 3 is 2.58 bits per heavy atom. The number of hydrogen-bond acceptors (Lipinski definition) is 8. The van der Waals surface area contributed by atoms with Crippen LogP contribution in [0.2, 0.25) is 10.0 Å². The molecule has 2 heterocycles. The van der Waals surface area contributed by atoms with E-state index in [9.17, 15) is 15.0 Å². The molecule has 11 heteroatoms. The fourth-order valence-corrected chi connectivity index (χ4v) is 6.89. The SMILES string of the molecule is CC(C)(C)C(O)/C(=C\c1ccc(Cl)cc1Cl)n1cncn1.CCC/C(=N\OCC)C1=C(O)CC(C2CCCSC2)CC1=O. The van der Waals surface area contributed by atoms with E-state index in [1.54, 1.807) is 35.3 Å². The molecule has 43 heavy (non-hydrogen) atoms. The second-order valence-corrected chi connectivity index (χ2v) is 13.9. The number of aliphatic hydroxyl groups is 2. The first-order valence-electron chi connectivity index (χ1n) is 14.9. The molecule has 3 atom stereocenters. The van der Waals surface area contributed by atoms with Crippen molar-refractivity contribution in [3.05, 3.63) is 57.8 Å². The normalized spacial score (nSPS) is 20.9. The molecule has 8 nitrogen and oxygen atoms in total. The number of carbonyl (C=O) groups excluding carboxylic acids is 1. The van der Waals surface area contributed by atoms with E-state index >= 15 is 0 Å². The third-order valence-corrected chi connectivity index (χ3v) is 9.27. The van der Waals surface area contributed by atoms with Gasteiger partial charge < -0.3 is 15.1 Å². The van der Waals surface area contributed by atoms with Gasteiger partial charge in [0.05, 0.1) is 17.0 Å². The summed E-state index contributed by atoms with van der Waals surface area (Å²) in [6.07, 6.45) is 9.13. The van der Waals surface area contributed by atoms with Gasteiger partial charge in [0, 0.05) is 22.9 Å². The van der Waals surface area contributed by atoms with Crippen molar-refractivity contribution in [2.45, 2.75) is 79.2 Å². The lowest BCUT2D eigenvalue weighted by molar-refractivity contribution is -0.117. The van der Waals surface area contributed by atoms with Crippen LogP contribution in [-0.4, -0.2) is 60.7 Å². The number of thioether (sulfide) groups is 1. The highest BCUT2D eigenvalue weighted by Gasteiger charge is 2.35. The molecule has 2 N–H and O–H groups in total. The van der Waals surface area contributed by atoms with E-state index in [2.05, 4.69) is 15.2 Å². The van der Waals surface area contributed by atoms with Crippen LogP contribution in [0.3, 0.4) is 0 Å². The highest BCUT2D eigenvalue weighted by molar-refractivity contribution is 7.99. The molecular formula is C32H44Cl2N4O4S. The van der Waals surface area contributed by atoms with E-state index in [4.69, 9.17) is 28.0 Å². The van der Waals surface area contributed by atoms with E-state index in [0.717, 1.165) is 17.7 Å². The predicted octanol–water partition coefficient (Wildman–Crippen LogP) is 8.10. The predicted molar refractivity (Wildman–Crippen MR) is 178 cm³/mol. The fourth-order valence-electron chi connectivity index (χ4n) is 5.15. The number of carbonyl (C=O) groups is 1. The standard InChI is InChI=1S/C17H27NO3S.C15H17Cl2N3O/c1-3-6-14(18-21-4-2)17-15(19)9-13(10-16(17)20)12-7-5-8-22-11-12;1-15(2,3)14(21)13(20-9-18-8-19-20)6-10-4-5-11(16)7-12(10)17/h12-13,19H,3-11H2,1-2H3;4-9,14,21H,1-3H3/b18-14+;13-6+. The van der Waals surface area contributed by atoms with Crippen LogP contribution in [0.1, 0.15) is 78.7 Å². The van der Waals surface area contributed by atoms with E-state index in [-0.39, 0.29) is 17.0 Å². The first-order chi connectivity index (χ1) is 20.5. The molecule has 1 aromatic heterocycles. The maximum absolute atomic E-state index is 12.6. The number of hydrogen-bond donors (Lipinski definition) is 2. The van der Waals surface area contributed by atoms with Crippen LogP contribution in [-0.2, 0) is 9.63 Å². The van der Waals surface area contributed by atoms with Gasteiger partial charge in [0.15, 0.2) is 5.78 Å². The van der Waals surface area contributed by atoms with Crippen molar-refractivity contribution < 1.29 is 19.8 Å². The van der Waals surface area contributed by atoms with Gasteiger partial charge in [0.2, 0.25) is 0 Å². The second-order valence-electron chi connectivity index (χ2n) is 11.9. The molecule has 1 aliphatic carbocycles. The summed E-state index contributed by atoms with van der Waals surface area (Å²) in [7, 11) is 0. The Morgan fingerprint density at radius 2 is 2.02 bits per heavy atom. The van der Waals surface area contributed by atoms with Crippen LogP contribution >= 0.6 is 35.0 Å². The largest absolute Gasteiger partial charge is 0.511 e. The number of oxime groups is 1. The average Bonchev–Trinajstić information content (AvgIpc) is 3.50. The summed E-state index contributed by atoms with van der Waals surface area (Å²) in [6.45, 7) is 10.2. The summed E-state index contributed by atoms with van der Waals surface area (Å²) in [4.78, 5) is 21.6. The van der Waals surface area contributed by atoms with Crippen LogP contribution in [0.25, 0.3) is 11.8 Å². The number of aromatic nitrogens is 3. The minimum absolute atomic E-state index is 0.0382. The molecule has 0 radical (unpaired) electrons. The minimum Gasteiger partial charge on any atom is -0.511 e. The molecule has 0 spiro atoms. The number of benzene rings is 1.